The number of nitrogens with two attached hydrogens (primary N) is 1. The first kappa shape index (κ1) is 62.5. The molecule has 0 bridgehead atoms. The lowest BCUT2D eigenvalue weighted by molar-refractivity contribution is -0.159. The summed E-state index contributed by atoms with van der Waals surface area (Å²) >= 11 is 0. The molecule has 2 aromatic rings. The van der Waals surface area contributed by atoms with Gasteiger partial charge in [-0.15, -0.1) is 0 Å². The molecule has 0 saturated carbocycles. The zero-order valence-corrected chi connectivity index (χ0v) is 47.7. The monoisotopic (exact) mass is 1080 g/mol. The number of likely N-dealkylation sites (tertiary alicyclic amines) is 2. The van der Waals surface area contributed by atoms with E-state index in [2.05, 4.69) is 21.3 Å². The maximum absolute atomic E-state index is 15.4. The third kappa shape index (κ3) is 16.1. The van der Waals surface area contributed by atoms with Gasteiger partial charge < -0.3 is 51.7 Å². The normalized spacial score (nSPS) is 20.8. The summed E-state index contributed by atoms with van der Waals surface area (Å²) in [6.45, 7) is 19.1. The van der Waals surface area contributed by atoms with Gasteiger partial charge in [0, 0.05) is 39.0 Å². The van der Waals surface area contributed by atoms with E-state index in [1.165, 1.54) is 14.7 Å². The fraction of sp³-hybridized carbons (Fsp3) is 0.644. The Morgan fingerprint density at radius 2 is 1.10 bits per heavy atom. The van der Waals surface area contributed by atoms with E-state index in [1.54, 1.807) is 18.7 Å². The first-order valence-corrected chi connectivity index (χ1v) is 28.5. The molecule has 2 aromatic carbocycles. The van der Waals surface area contributed by atoms with Crippen molar-refractivity contribution in [2.75, 3.05) is 26.2 Å². The summed E-state index contributed by atoms with van der Waals surface area (Å²) in [7, 11) is 0. The maximum Gasteiger partial charge on any atom is 0.326 e. The molecular weight excluding hydrogens is 995 g/mol. The predicted octanol–water partition coefficient (Wildman–Crippen LogP) is 4.05. The van der Waals surface area contributed by atoms with Gasteiger partial charge in [0.25, 0.3) is 0 Å². The number of nitrogens with one attached hydrogen (secondary N) is 4. The van der Waals surface area contributed by atoms with E-state index >= 15 is 14.4 Å². The first-order chi connectivity index (χ1) is 37.0. The van der Waals surface area contributed by atoms with Gasteiger partial charge >= 0.3 is 5.97 Å². The summed E-state index contributed by atoms with van der Waals surface area (Å²) in [5, 5.41) is 21.3. The summed E-state index contributed by atoms with van der Waals surface area (Å²) in [6, 6.07) is 9.23. The quantitative estimate of drug-likeness (QED) is 0.0783. The van der Waals surface area contributed by atoms with E-state index in [-0.39, 0.29) is 74.4 Å². The minimum Gasteiger partial charge on any atom is -0.480 e. The van der Waals surface area contributed by atoms with Gasteiger partial charge in [-0.2, -0.15) is 0 Å². The molecule has 7 N–H and O–H groups in total. The van der Waals surface area contributed by atoms with Crippen LogP contribution in [0.5, 0.6) is 0 Å². The molecule has 0 spiro atoms. The highest BCUT2D eigenvalue weighted by Crippen LogP contribution is 2.30. The van der Waals surface area contributed by atoms with Crippen molar-refractivity contribution >= 4 is 53.2 Å². The smallest absolute Gasteiger partial charge is 0.326 e. The van der Waals surface area contributed by atoms with Crippen molar-refractivity contribution in [2.24, 2.45) is 35.3 Å². The van der Waals surface area contributed by atoms with E-state index in [1.807, 2.05) is 116 Å². The van der Waals surface area contributed by atoms with Gasteiger partial charge in [-0.05, 0) is 79.2 Å². The van der Waals surface area contributed by atoms with E-state index in [9.17, 15) is 33.9 Å². The molecule has 3 saturated heterocycles. The zero-order chi connectivity index (χ0) is 57.5. The van der Waals surface area contributed by atoms with Gasteiger partial charge in [0.05, 0.1) is 6.04 Å². The van der Waals surface area contributed by atoms with E-state index < -0.39 is 102 Å². The van der Waals surface area contributed by atoms with Crippen LogP contribution in [0.1, 0.15) is 132 Å². The van der Waals surface area contributed by atoms with Gasteiger partial charge in [-0.25, -0.2) is 4.79 Å². The van der Waals surface area contributed by atoms with Crippen LogP contribution in [0.4, 0.5) is 0 Å². The molecule has 430 valence electrons. The van der Waals surface area contributed by atoms with Crippen LogP contribution in [0.2, 0.25) is 0 Å². The van der Waals surface area contributed by atoms with Crippen LogP contribution < -0.4 is 27.0 Å². The van der Waals surface area contributed by atoms with Crippen molar-refractivity contribution in [3.8, 4) is 0 Å². The number of carboxylic acid groups (broad SMARTS) is 1. The molecule has 0 aromatic heterocycles. The molecule has 19 nitrogen and oxygen atoms in total. The number of nitrogens with zero attached hydrogens (tertiary/aromatic N) is 4. The van der Waals surface area contributed by atoms with Crippen LogP contribution in [-0.2, 0) is 56.0 Å². The number of hydrogen-bond donors (Lipinski definition) is 6. The van der Waals surface area contributed by atoms with E-state index in [0.29, 0.717) is 51.5 Å². The topological polar surface area (TPSA) is 261 Å². The number of piperazine rings is 1. The molecule has 3 fully saturated rings. The molecule has 0 aliphatic carbocycles. The standard InChI is InChI=1S/C59H89N9O10/c1-11-38(9)49(54(72)64-50(59(77)78)39(10)12-2)63-52(70)43(32-36(5)6)61-53(71)46(33-40-21-15-13-16-22-40)67-29-30-68(47(57(67)75)34-41-23-17-14-18-24-41)56(74)44-25-19-27-65(44)55(73)45-26-20-28-66(45)58(76)48(37(7)8)62-51(69)42(60)31-35(3)4/h13-18,21-24,35-39,42-50H,11-12,19-20,25-34,60H2,1-10H3,(H,61,71)(H,62,69)(H,63,70)(H,64,72)(H,77,78)/t38-,39-,42-,43-,44-,45-,46-,47-,48-,49-,50-/m0/s1. The van der Waals surface area contributed by atoms with Crippen molar-refractivity contribution in [3.05, 3.63) is 71.8 Å². The van der Waals surface area contributed by atoms with Crippen LogP contribution in [0, 0.1) is 29.6 Å². The second-order valence-corrected chi connectivity index (χ2v) is 23.1. The van der Waals surface area contributed by atoms with Crippen LogP contribution >= 0.6 is 0 Å². The van der Waals surface area contributed by atoms with Crippen molar-refractivity contribution in [1.82, 2.24) is 40.9 Å². The summed E-state index contributed by atoms with van der Waals surface area (Å²) in [5.74, 6) is -6.19. The molecule has 0 radical (unpaired) electrons. The number of amides is 8. The van der Waals surface area contributed by atoms with Gasteiger partial charge in [-0.3, -0.25) is 38.4 Å². The molecule has 3 heterocycles. The number of benzene rings is 2. The fourth-order valence-corrected chi connectivity index (χ4v) is 11.0. The average Bonchev–Trinajstić information content (AvgIpc) is 4.11. The van der Waals surface area contributed by atoms with Crippen LogP contribution in [-0.4, -0.2) is 158 Å². The molecule has 19 heteroatoms. The average molecular weight is 1080 g/mol. The highest BCUT2D eigenvalue weighted by molar-refractivity contribution is 5.99. The number of carbonyl (C=O) groups is 9. The minimum absolute atomic E-state index is 0.0253. The lowest BCUT2D eigenvalue weighted by Gasteiger charge is -2.45. The summed E-state index contributed by atoms with van der Waals surface area (Å²) in [4.78, 5) is 134. The summed E-state index contributed by atoms with van der Waals surface area (Å²) < 4.78 is 0. The van der Waals surface area contributed by atoms with Crippen molar-refractivity contribution in [2.45, 2.75) is 188 Å². The predicted molar refractivity (Wildman–Crippen MR) is 297 cm³/mol. The number of carbonyl (C=O) groups excluding carboxylic acids is 8. The van der Waals surface area contributed by atoms with Gasteiger partial charge in [0.1, 0.15) is 48.3 Å². The van der Waals surface area contributed by atoms with Crippen LogP contribution in [0.15, 0.2) is 60.7 Å². The summed E-state index contributed by atoms with van der Waals surface area (Å²) in [5.41, 5.74) is 7.71. The molecule has 3 aliphatic rings. The van der Waals surface area contributed by atoms with Crippen molar-refractivity contribution < 1.29 is 48.3 Å². The Labute approximate surface area is 461 Å². The molecule has 11 atom stereocenters. The van der Waals surface area contributed by atoms with Gasteiger partial charge in [0.2, 0.25) is 47.3 Å². The molecule has 5 rings (SSSR count). The van der Waals surface area contributed by atoms with Crippen molar-refractivity contribution in [3.63, 3.8) is 0 Å². The maximum atomic E-state index is 15.4. The number of rotatable bonds is 26. The minimum atomic E-state index is -1.19. The third-order valence-corrected chi connectivity index (χ3v) is 15.9. The Bertz CT molecular complexity index is 2390. The number of aliphatic carboxylic acids is 1. The second-order valence-electron chi connectivity index (χ2n) is 23.1. The lowest BCUT2D eigenvalue weighted by atomic mass is 9.94. The Morgan fingerprint density at radius 3 is 1.65 bits per heavy atom. The Balaban J connectivity index is 1.42. The van der Waals surface area contributed by atoms with Gasteiger partial charge in [-0.1, -0.05) is 143 Å². The van der Waals surface area contributed by atoms with Crippen LogP contribution in [0.25, 0.3) is 0 Å². The largest absolute Gasteiger partial charge is 0.480 e. The molecular formula is C59H89N9O10. The molecule has 8 amide bonds. The van der Waals surface area contributed by atoms with E-state index in [4.69, 9.17) is 5.73 Å². The Hall–Kier alpha value is -6.37. The highest BCUT2D eigenvalue weighted by Gasteiger charge is 2.49. The first-order valence-electron chi connectivity index (χ1n) is 28.5. The summed E-state index contributed by atoms with van der Waals surface area (Å²) in [6.07, 6.45) is 3.56. The molecule has 78 heavy (non-hydrogen) atoms. The SMILES string of the molecule is CC[C@H](C)[C@H](NC(=O)[C@@H](NC(=O)[C@H](CC(C)C)NC(=O)[C@H](Cc1ccccc1)N1CCN(C(=O)[C@@H]2CCCN2C(=O)[C@@H]2CCCN2C(=O)[C@@H](NC(=O)[C@@H](N)CC(C)C)C(C)C)[C@@H](Cc2ccccc2)C1=O)[C@@H](C)CC)C(=O)O. The van der Waals surface area contributed by atoms with Crippen LogP contribution in [0.3, 0.4) is 0 Å². The zero-order valence-electron chi connectivity index (χ0n) is 47.7. The second kappa shape index (κ2) is 29.0. The Kier molecular flexibility index (Phi) is 23.2. The Morgan fingerprint density at radius 1 is 0.590 bits per heavy atom. The highest BCUT2D eigenvalue weighted by atomic mass is 16.4. The number of hydrogen-bond acceptors (Lipinski definition) is 10. The molecule has 0 unspecified atom stereocenters. The van der Waals surface area contributed by atoms with Gasteiger partial charge in [0.15, 0.2) is 0 Å². The molecule has 3 aliphatic heterocycles. The number of carboxylic acids is 1. The fourth-order valence-electron chi connectivity index (χ4n) is 11.0. The van der Waals surface area contributed by atoms with E-state index in [0.717, 1.165) is 11.1 Å². The third-order valence-electron chi connectivity index (χ3n) is 15.9. The lowest BCUT2D eigenvalue weighted by Crippen LogP contribution is -2.67. The van der Waals surface area contributed by atoms with Crippen molar-refractivity contribution in [1.29, 1.82) is 0 Å².